The molecular formula is C18H27NO4. The fraction of sp³-hybridized carbons (Fsp3) is 0.556. The Labute approximate surface area is 138 Å². The van der Waals surface area contributed by atoms with E-state index in [4.69, 9.17) is 9.84 Å². The molecule has 5 heteroatoms. The van der Waals surface area contributed by atoms with Crippen LogP contribution in [0.15, 0.2) is 24.3 Å². The maximum Gasteiger partial charge on any atom is 0.341 e. The summed E-state index contributed by atoms with van der Waals surface area (Å²) in [6, 6.07) is 7.24. The number of amides is 1. The van der Waals surface area contributed by atoms with Crippen molar-refractivity contribution in [3.63, 3.8) is 0 Å². The highest BCUT2D eigenvalue weighted by molar-refractivity contribution is 5.76. The van der Waals surface area contributed by atoms with Crippen LogP contribution in [0, 0.1) is 11.8 Å². The van der Waals surface area contributed by atoms with E-state index in [0.29, 0.717) is 30.6 Å². The molecule has 0 aromatic heterocycles. The Kier molecular flexibility index (Phi) is 8.16. The standard InChI is InChI=1S/C18H27NO4/c1-13(2)10-14(3)11-17(20)19-9-8-15-4-6-16(7-5-15)23-12-18(21)22/h4-7,13-14H,8-12H2,1-3H3,(H,19,20)(H,21,22). The molecule has 128 valence electrons. The van der Waals surface area contributed by atoms with Gasteiger partial charge in [0.25, 0.3) is 0 Å². The van der Waals surface area contributed by atoms with Crippen LogP contribution in [0.5, 0.6) is 5.75 Å². The topological polar surface area (TPSA) is 75.6 Å². The Hall–Kier alpha value is -2.04. The summed E-state index contributed by atoms with van der Waals surface area (Å²) in [5.41, 5.74) is 1.07. The van der Waals surface area contributed by atoms with Gasteiger partial charge in [-0.05, 0) is 42.4 Å². The average Bonchev–Trinajstić information content (AvgIpc) is 2.45. The Morgan fingerprint density at radius 1 is 1.17 bits per heavy atom. The predicted octanol–water partition coefficient (Wildman–Crippen LogP) is 2.88. The summed E-state index contributed by atoms with van der Waals surface area (Å²) in [6.07, 6.45) is 2.37. The lowest BCUT2D eigenvalue weighted by atomic mass is 9.96. The van der Waals surface area contributed by atoms with E-state index >= 15 is 0 Å². The van der Waals surface area contributed by atoms with Gasteiger partial charge in [0.2, 0.25) is 5.91 Å². The summed E-state index contributed by atoms with van der Waals surface area (Å²) in [5.74, 6) is 0.645. The Morgan fingerprint density at radius 3 is 2.39 bits per heavy atom. The van der Waals surface area contributed by atoms with Crippen molar-refractivity contribution in [1.29, 1.82) is 0 Å². The third kappa shape index (κ3) is 8.86. The van der Waals surface area contributed by atoms with Crippen molar-refractivity contribution in [2.75, 3.05) is 13.2 Å². The molecule has 0 saturated heterocycles. The number of ether oxygens (including phenoxy) is 1. The molecule has 0 radical (unpaired) electrons. The van der Waals surface area contributed by atoms with Crippen molar-refractivity contribution in [2.45, 2.75) is 40.0 Å². The van der Waals surface area contributed by atoms with Crippen molar-refractivity contribution in [3.8, 4) is 5.75 Å². The van der Waals surface area contributed by atoms with Crippen LogP contribution in [-0.2, 0) is 16.0 Å². The smallest absolute Gasteiger partial charge is 0.341 e. The van der Waals surface area contributed by atoms with Gasteiger partial charge >= 0.3 is 5.97 Å². The summed E-state index contributed by atoms with van der Waals surface area (Å²) in [5, 5.41) is 11.5. The number of nitrogens with one attached hydrogen (secondary N) is 1. The summed E-state index contributed by atoms with van der Waals surface area (Å²) in [4.78, 5) is 22.3. The van der Waals surface area contributed by atoms with Crippen LogP contribution < -0.4 is 10.1 Å². The van der Waals surface area contributed by atoms with Crippen LogP contribution in [0.25, 0.3) is 0 Å². The monoisotopic (exact) mass is 321 g/mol. The van der Waals surface area contributed by atoms with Crippen LogP contribution >= 0.6 is 0 Å². The molecule has 1 aromatic rings. The maximum atomic E-state index is 11.8. The molecule has 0 aliphatic heterocycles. The van der Waals surface area contributed by atoms with Crippen molar-refractivity contribution >= 4 is 11.9 Å². The molecule has 1 aromatic carbocycles. The van der Waals surface area contributed by atoms with E-state index in [0.717, 1.165) is 18.4 Å². The van der Waals surface area contributed by atoms with Gasteiger partial charge in [0.05, 0.1) is 0 Å². The number of carbonyl (C=O) groups excluding carboxylic acids is 1. The first-order chi connectivity index (χ1) is 10.9. The molecule has 0 saturated carbocycles. The van der Waals surface area contributed by atoms with Crippen LogP contribution in [0.2, 0.25) is 0 Å². The first-order valence-electron chi connectivity index (χ1n) is 8.07. The second-order valence-electron chi connectivity index (χ2n) is 6.37. The van der Waals surface area contributed by atoms with E-state index in [1.165, 1.54) is 0 Å². The van der Waals surface area contributed by atoms with E-state index in [9.17, 15) is 9.59 Å². The SMILES string of the molecule is CC(C)CC(C)CC(=O)NCCc1ccc(OCC(=O)O)cc1. The van der Waals surface area contributed by atoms with E-state index < -0.39 is 5.97 Å². The number of benzene rings is 1. The van der Waals surface area contributed by atoms with Crippen LogP contribution in [0.4, 0.5) is 0 Å². The molecule has 0 fully saturated rings. The van der Waals surface area contributed by atoms with Crippen molar-refractivity contribution < 1.29 is 19.4 Å². The van der Waals surface area contributed by atoms with Gasteiger partial charge < -0.3 is 15.2 Å². The van der Waals surface area contributed by atoms with Gasteiger partial charge in [-0.3, -0.25) is 4.79 Å². The first kappa shape index (κ1) is 19.0. The van der Waals surface area contributed by atoms with Gasteiger partial charge in [-0.15, -0.1) is 0 Å². The number of carboxylic acids is 1. The number of hydrogen-bond donors (Lipinski definition) is 2. The zero-order valence-corrected chi connectivity index (χ0v) is 14.2. The van der Waals surface area contributed by atoms with Gasteiger partial charge in [0.15, 0.2) is 6.61 Å². The van der Waals surface area contributed by atoms with Crippen molar-refractivity contribution in [1.82, 2.24) is 5.32 Å². The second kappa shape index (κ2) is 9.87. The minimum Gasteiger partial charge on any atom is -0.482 e. The second-order valence-corrected chi connectivity index (χ2v) is 6.37. The molecular weight excluding hydrogens is 294 g/mol. The Bertz CT molecular complexity index is 496. The quantitative estimate of drug-likeness (QED) is 0.695. The summed E-state index contributed by atoms with van der Waals surface area (Å²) in [7, 11) is 0. The Balaban J connectivity index is 2.27. The highest BCUT2D eigenvalue weighted by atomic mass is 16.5. The number of carboxylic acid groups (broad SMARTS) is 1. The molecule has 1 atom stereocenters. The van der Waals surface area contributed by atoms with Crippen LogP contribution in [0.1, 0.15) is 39.2 Å². The molecule has 23 heavy (non-hydrogen) atoms. The normalized spacial score (nSPS) is 12.0. The zero-order valence-electron chi connectivity index (χ0n) is 14.2. The minimum atomic E-state index is -0.997. The average molecular weight is 321 g/mol. The third-order valence-electron chi connectivity index (χ3n) is 3.43. The van der Waals surface area contributed by atoms with Crippen LogP contribution in [-0.4, -0.2) is 30.1 Å². The first-order valence-corrected chi connectivity index (χ1v) is 8.07. The molecule has 0 aliphatic carbocycles. The molecule has 1 rings (SSSR count). The van der Waals surface area contributed by atoms with Gasteiger partial charge in [0, 0.05) is 13.0 Å². The van der Waals surface area contributed by atoms with Crippen molar-refractivity contribution in [3.05, 3.63) is 29.8 Å². The van der Waals surface area contributed by atoms with E-state index in [1.807, 2.05) is 12.1 Å². The maximum absolute atomic E-state index is 11.8. The zero-order chi connectivity index (χ0) is 17.2. The lowest BCUT2D eigenvalue weighted by Gasteiger charge is -2.13. The molecule has 5 nitrogen and oxygen atoms in total. The number of carbonyl (C=O) groups is 2. The van der Waals surface area contributed by atoms with E-state index in [2.05, 4.69) is 26.1 Å². The fourth-order valence-electron chi connectivity index (χ4n) is 2.52. The minimum absolute atomic E-state index is 0.0968. The van der Waals surface area contributed by atoms with E-state index in [1.54, 1.807) is 12.1 Å². The summed E-state index contributed by atoms with van der Waals surface area (Å²) in [6.45, 7) is 6.69. The Morgan fingerprint density at radius 2 is 1.83 bits per heavy atom. The molecule has 1 unspecified atom stereocenters. The van der Waals surface area contributed by atoms with Gasteiger partial charge in [-0.1, -0.05) is 32.9 Å². The number of hydrogen-bond acceptors (Lipinski definition) is 3. The number of aliphatic carboxylic acids is 1. The molecule has 0 spiro atoms. The third-order valence-corrected chi connectivity index (χ3v) is 3.43. The molecule has 0 bridgehead atoms. The lowest BCUT2D eigenvalue weighted by molar-refractivity contribution is -0.139. The van der Waals surface area contributed by atoms with Gasteiger partial charge in [-0.2, -0.15) is 0 Å². The van der Waals surface area contributed by atoms with Crippen LogP contribution in [0.3, 0.4) is 0 Å². The molecule has 0 heterocycles. The highest BCUT2D eigenvalue weighted by Gasteiger charge is 2.10. The predicted molar refractivity (Wildman–Crippen MR) is 89.5 cm³/mol. The van der Waals surface area contributed by atoms with E-state index in [-0.39, 0.29) is 12.5 Å². The number of rotatable bonds is 10. The summed E-state index contributed by atoms with van der Waals surface area (Å²) < 4.78 is 5.07. The summed E-state index contributed by atoms with van der Waals surface area (Å²) >= 11 is 0. The molecule has 0 aliphatic rings. The molecule has 1 amide bonds. The van der Waals surface area contributed by atoms with Gasteiger partial charge in [0.1, 0.15) is 5.75 Å². The fourth-order valence-corrected chi connectivity index (χ4v) is 2.52. The van der Waals surface area contributed by atoms with Crippen molar-refractivity contribution in [2.24, 2.45) is 11.8 Å². The largest absolute Gasteiger partial charge is 0.482 e. The van der Waals surface area contributed by atoms with Gasteiger partial charge in [-0.25, -0.2) is 4.79 Å². The molecule has 2 N–H and O–H groups in total. The highest BCUT2D eigenvalue weighted by Crippen LogP contribution is 2.14. The lowest BCUT2D eigenvalue weighted by Crippen LogP contribution is -2.27.